The minimum absolute atomic E-state index is 0.0150. The number of nitrogens with one attached hydrogen (secondary N) is 1. The van der Waals surface area contributed by atoms with Gasteiger partial charge in [0.1, 0.15) is 28.5 Å². The van der Waals surface area contributed by atoms with E-state index in [4.69, 9.17) is 15.7 Å². The fourth-order valence-corrected chi connectivity index (χ4v) is 5.02. The number of pyridine rings is 2. The van der Waals surface area contributed by atoms with Crippen molar-refractivity contribution in [1.29, 1.82) is 0 Å². The second-order valence-corrected chi connectivity index (χ2v) is 9.78. The number of aliphatic hydroxyl groups is 1. The highest BCUT2D eigenvalue weighted by atomic mass is 35.5. The van der Waals surface area contributed by atoms with Crippen LogP contribution in [0.1, 0.15) is 33.9 Å². The third-order valence-electron chi connectivity index (χ3n) is 6.71. The molecule has 5 aromatic heterocycles. The molecule has 0 fully saturated rings. The van der Waals surface area contributed by atoms with E-state index in [-0.39, 0.29) is 28.8 Å². The van der Waals surface area contributed by atoms with Crippen molar-refractivity contribution in [3.8, 4) is 22.8 Å². The molecule has 1 unspecified atom stereocenters. The first-order valence-electron chi connectivity index (χ1n) is 13.8. The molecule has 6 rings (SSSR count). The van der Waals surface area contributed by atoms with Crippen molar-refractivity contribution in [3.63, 3.8) is 0 Å². The van der Waals surface area contributed by atoms with Crippen LogP contribution in [-0.4, -0.2) is 49.2 Å². The van der Waals surface area contributed by atoms with Crippen LogP contribution in [0, 0.1) is 6.92 Å². The lowest BCUT2D eigenvalue weighted by atomic mass is 10.0. The predicted octanol–water partition coefficient (Wildman–Crippen LogP) is 3.46. The van der Waals surface area contributed by atoms with Crippen molar-refractivity contribution in [2.75, 3.05) is 5.32 Å². The second-order valence-electron chi connectivity index (χ2n) is 9.40. The number of tetrazole rings is 1. The SMILES string of the molecule is [2H]C([2H])([2H])n1nnc(-c2nc(Cl)ccc2NC(C)c2cc(C)cc3c(=O)n(C)c4c(-c5ccc(CO)nc5)ncn4c23)n1. The third-order valence-corrected chi connectivity index (χ3v) is 6.92. The van der Waals surface area contributed by atoms with E-state index in [1.165, 1.54) is 0 Å². The van der Waals surface area contributed by atoms with Gasteiger partial charge in [0.15, 0.2) is 0 Å². The summed E-state index contributed by atoms with van der Waals surface area (Å²) in [7, 11) is 1.70. The summed E-state index contributed by atoms with van der Waals surface area (Å²) in [5.41, 5.74) is 5.22. The van der Waals surface area contributed by atoms with Gasteiger partial charge in [-0.2, -0.15) is 4.80 Å². The lowest BCUT2D eigenvalue weighted by Crippen LogP contribution is -2.21. The smallest absolute Gasteiger partial charge is 0.261 e. The molecule has 40 heavy (non-hydrogen) atoms. The molecule has 202 valence electrons. The molecule has 0 saturated heterocycles. The van der Waals surface area contributed by atoms with Crippen molar-refractivity contribution in [2.45, 2.75) is 26.5 Å². The van der Waals surface area contributed by atoms with E-state index in [1.54, 1.807) is 48.4 Å². The zero-order valence-electron chi connectivity index (χ0n) is 24.7. The van der Waals surface area contributed by atoms with Gasteiger partial charge < -0.3 is 10.4 Å². The largest absolute Gasteiger partial charge is 0.390 e. The second kappa shape index (κ2) is 9.81. The van der Waals surface area contributed by atoms with Gasteiger partial charge in [-0.05, 0) is 60.5 Å². The number of imidazole rings is 1. The summed E-state index contributed by atoms with van der Waals surface area (Å²) in [6, 6.07) is 10.2. The summed E-state index contributed by atoms with van der Waals surface area (Å²) < 4.78 is 26.1. The van der Waals surface area contributed by atoms with Gasteiger partial charge in [-0.1, -0.05) is 17.7 Å². The minimum atomic E-state index is -2.61. The van der Waals surface area contributed by atoms with Crippen LogP contribution in [0.5, 0.6) is 0 Å². The molecule has 0 aliphatic carbocycles. The van der Waals surface area contributed by atoms with Gasteiger partial charge in [-0.3, -0.25) is 18.7 Å². The highest BCUT2D eigenvalue weighted by Crippen LogP contribution is 2.33. The van der Waals surface area contributed by atoms with E-state index in [9.17, 15) is 9.90 Å². The van der Waals surface area contributed by atoms with Gasteiger partial charge in [0, 0.05) is 22.9 Å². The average molecular weight is 560 g/mol. The number of anilines is 1. The number of hydrogen-bond acceptors (Lipinski definition) is 9. The van der Waals surface area contributed by atoms with E-state index in [1.807, 2.05) is 30.4 Å². The predicted molar refractivity (Wildman–Crippen MR) is 151 cm³/mol. The summed E-state index contributed by atoms with van der Waals surface area (Å²) in [4.78, 5) is 27.5. The van der Waals surface area contributed by atoms with E-state index in [2.05, 4.69) is 35.7 Å². The molecule has 1 atom stereocenters. The molecule has 2 N–H and O–H groups in total. The Morgan fingerprint density at radius 2 is 2.02 bits per heavy atom. The van der Waals surface area contributed by atoms with Gasteiger partial charge in [0.05, 0.1) is 41.9 Å². The number of aromatic nitrogens is 9. The summed E-state index contributed by atoms with van der Waals surface area (Å²) in [5.74, 6) is -0.0150. The maximum Gasteiger partial charge on any atom is 0.261 e. The molecule has 0 amide bonds. The number of fused-ring (bicyclic) bond motifs is 3. The first kappa shape index (κ1) is 22.2. The van der Waals surface area contributed by atoms with Crippen molar-refractivity contribution in [1.82, 2.24) is 44.1 Å². The molecule has 12 nitrogen and oxygen atoms in total. The molecular formula is C27H25ClN10O2. The van der Waals surface area contributed by atoms with Crippen LogP contribution in [0.15, 0.2) is 53.7 Å². The fraction of sp³-hybridized carbons (Fsp3) is 0.222. The molecule has 1 aromatic carbocycles. The van der Waals surface area contributed by atoms with E-state index >= 15 is 0 Å². The number of benzene rings is 1. The summed E-state index contributed by atoms with van der Waals surface area (Å²) in [6.45, 7) is 1.06. The molecule has 0 spiro atoms. The van der Waals surface area contributed by atoms with E-state index in [0.29, 0.717) is 44.0 Å². The number of nitrogens with zero attached hydrogens (tertiary/aromatic N) is 9. The van der Waals surface area contributed by atoms with Gasteiger partial charge in [0.2, 0.25) is 5.82 Å². The van der Waals surface area contributed by atoms with Crippen LogP contribution in [-0.2, 0) is 20.6 Å². The van der Waals surface area contributed by atoms with Gasteiger partial charge in [0.25, 0.3) is 5.56 Å². The normalized spacial score (nSPS) is 13.8. The Labute approximate surface area is 237 Å². The Bertz CT molecular complexity index is 2070. The standard InChI is InChI=1S/C27H25ClN10O2/c1-14-9-18(15(2)31-20-7-8-21(28)32-23(20)25-33-35-37(4)34-25)24-19(10-14)27(40)36(3)26-22(30-13-38(24)26)16-5-6-17(12-39)29-11-16/h5-11,13,15,31,39H,12H2,1-4H3/i4D3. The molecular weight excluding hydrogens is 532 g/mol. The monoisotopic (exact) mass is 559 g/mol. The molecule has 13 heteroatoms. The van der Waals surface area contributed by atoms with Gasteiger partial charge >= 0.3 is 0 Å². The molecule has 0 aliphatic rings. The highest BCUT2D eigenvalue weighted by molar-refractivity contribution is 6.29. The van der Waals surface area contributed by atoms with Crippen LogP contribution in [0.25, 0.3) is 39.3 Å². The quantitative estimate of drug-likeness (QED) is 0.293. The Hall–Kier alpha value is -4.68. The molecule has 6 aromatic rings. The maximum atomic E-state index is 13.7. The van der Waals surface area contributed by atoms with Crippen molar-refractivity contribution >= 4 is 33.8 Å². The van der Waals surface area contributed by atoms with Crippen LogP contribution >= 0.6 is 11.6 Å². The third kappa shape index (κ3) is 4.27. The van der Waals surface area contributed by atoms with Crippen LogP contribution < -0.4 is 10.9 Å². The number of aryl methyl sites for hydroxylation is 3. The highest BCUT2D eigenvalue weighted by Gasteiger charge is 2.22. The first-order chi connectivity index (χ1) is 20.5. The Kier molecular flexibility index (Phi) is 5.44. The van der Waals surface area contributed by atoms with Crippen molar-refractivity contribution < 1.29 is 9.22 Å². The molecule has 0 radical (unpaired) electrons. The molecule has 0 aliphatic heterocycles. The fourth-order valence-electron chi connectivity index (χ4n) is 4.88. The van der Waals surface area contributed by atoms with Crippen molar-refractivity contribution in [2.24, 2.45) is 14.0 Å². The number of hydrogen-bond donors (Lipinski definition) is 2. The summed E-state index contributed by atoms with van der Waals surface area (Å²) in [6.07, 6.45) is 3.29. The number of rotatable bonds is 6. The van der Waals surface area contributed by atoms with Crippen LogP contribution in [0.2, 0.25) is 5.15 Å². The summed E-state index contributed by atoms with van der Waals surface area (Å²) >= 11 is 6.19. The maximum absolute atomic E-state index is 13.7. The minimum Gasteiger partial charge on any atom is -0.390 e. The Morgan fingerprint density at radius 1 is 1.18 bits per heavy atom. The Morgan fingerprint density at radius 3 is 2.75 bits per heavy atom. The summed E-state index contributed by atoms with van der Waals surface area (Å²) in [5, 5.41) is 25.0. The topological polar surface area (TPSA) is 141 Å². The lowest BCUT2D eigenvalue weighted by Gasteiger charge is -2.21. The van der Waals surface area contributed by atoms with Crippen LogP contribution in [0.3, 0.4) is 0 Å². The molecule has 0 bridgehead atoms. The zero-order valence-corrected chi connectivity index (χ0v) is 22.4. The number of halogens is 1. The Balaban J connectivity index is 1.50. The molecule has 0 saturated carbocycles. The average Bonchev–Trinajstić information content (AvgIpc) is 3.65. The van der Waals surface area contributed by atoms with Crippen molar-refractivity contribution in [3.05, 3.63) is 81.3 Å². The lowest BCUT2D eigenvalue weighted by molar-refractivity contribution is 0.277. The molecule has 5 heterocycles. The van der Waals surface area contributed by atoms with E-state index in [0.717, 1.165) is 11.1 Å². The van der Waals surface area contributed by atoms with Crippen LogP contribution in [0.4, 0.5) is 5.69 Å². The van der Waals surface area contributed by atoms with Gasteiger partial charge in [-0.25, -0.2) is 9.97 Å². The number of aliphatic hydroxyl groups excluding tert-OH is 1. The zero-order chi connectivity index (χ0) is 30.6. The van der Waals surface area contributed by atoms with Gasteiger partial charge in [-0.15, -0.1) is 10.2 Å². The first-order valence-corrected chi connectivity index (χ1v) is 12.6. The van der Waals surface area contributed by atoms with E-state index < -0.39 is 13.0 Å².